The third kappa shape index (κ3) is 4.65. The number of hydrogen-bond donors (Lipinski definition) is 0. The first kappa shape index (κ1) is 28.7. The van der Waals surface area contributed by atoms with E-state index in [0.717, 1.165) is 56.4 Å². The van der Waals surface area contributed by atoms with Crippen molar-refractivity contribution in [3.63, 3.8) is 0 Å². The molecule has 9 rings (SSSR count). The van der Waals surface area contributed by atoms with Gasteiger partial charge in [-0.15, -0.1) is 0 Å². The van der Waals surface area contributed by atoms with Gasteiger partial charge in [0.1, 0.15) is 0 Å². The fourth-order valence-electron chi connectivity index (χ4n) is 7.35. The fourth-order valence-corrected chi connectivity index (χ4v) is 7.61. The first-order valence-corrected chi connectivity index (χ1v) is 17.2. The molecular formula is C43H33BrN4. The Morgan fingerprint density at radius 3 is 1.33 bits per heavy atom. The monoisotopic (exact) mass is 684 g/mol. The molecule has 4 nitrogen and oxygen atoms in total. The standard InChI is InChI=1S/C43H33BrN4/c1-30-19-28-42-43(29-30)48(41-18-10-9-17-40(41)47(42)33-22-20-31(44)21-23-33)35-26-24-34(25-27-35)46-38-15-7-5-13-36(38)45(32-11-3-2-4-12-32)37-14-6-8-16-39(37)46/h2-28,30H,29H2,1H3. The van der Waals surface area contributed by atoms with Crippen LogP contribution in [0.1, 0.15) is 13.3 Å². The summed E-state index contributed by atoms with van der Waals surface area (Å²) in [5, 5.41) is 0. The number of nitrogens with zero attached hydrogens (tertiary/aromatic N) is 4. The fraction of sp³-hybridized carbons (Fsp3) is 0.0698. The molecule has 2 heterocycles. The SMILES string of the molecule is CC1C=CC2=C(C1)N(c1ccc(N3c4ccccc4N(c4ccccc4)c4ccccc43)cc1)c1ccccc1N2c1ccc(Br)cc1. The van der Waals surface area contributed by atoms with E-state index in [1.807, 2.05) is 0 Å². The molecule has 0 radical (unpaired) electrons. The summed E-state index contributed by atoms with van der Waals surface area (Å²) in [6, 6.07) is 54.5. The van der Waals surface area contributed by atoms with Crippen LogP contribution in [-0.2, 0) is 0 Å². The highest BCUT2D eigenvalue weighted by Crippen LogP contribution is 2.55. The van der Waals surface area contributed by atoms with Gasteiger partial charge >= 0.3 is 0 Å². The maximum atomic E-state index is 3.63. The van der Waals surface area contributed by atoms with Gasteiger partial charge < -0.3 is 19.6 Å². The minimum atomic E-state index is 0.441. The topological polar surface area (TPSA) is 13.0 Å². The molecule has 0 amide bonds. The number of halogens is 1. The normalized spacial score (nSPS) is 16.3. The minimum absolute atomic E-state index is 0.441. The Balaban J connectivity index is 1.16. The summed E-state index contributed by atoms with van der Waals surface area (Å²) < 4.78 is 1.08. The molecule has 1 unspecified atom stereocenters. The minimum Gasteiger partial charge on any atom is -0.310 e. The highest BCUT2D eigenvalue weighted by atomic mass is 79.9. The zero-order valence-corrected chi connectivity index (χ0v) is 28.1. The van der Waals surface area contributed by atoms with E-state index in [0.29, 0.717) is 5.92 Å². The van der Waals surface area contributed by atoms with Gasteiger partial charge in [0.05, 0.1) is 39.8 Å². The van der Waals surface area contributed by atoms with Gasteiger partial charge in [0.2, 0.25) is 0 Å². The maximum Gasteiger partial charge on any atom is 0.0703 e. The molecular weight excluding hydrogens is 652 g/mol. The molecule has 6 aromatic carbocycles. The van der Waals surface area contributed by atoms with Crippen molar-refractivity contribution in [3.8, 4) is 0 Å². The van der Waals surface area contributed by atoms with Crippen LogP contribution in [0.5, 0.6) is 0 Å². The lowest BCUT2D eigenvalue weighted by Gasteiger charge is -2.43. The number of benzene rings is 6. The van der Waals surface area contributed by atoms with E-state index in [1.54, 1.807) is 0 Å². The van der Waals surface area contributed by atoms with E-state index in [9.17, 15) is 0 Å². The Hall–Kier alpha value is -5.52. The lowest BCUT2D eigenvalue weighted by Crippen LogP contribution is -2.33. The molecule has 0 saturated heterocycles. The van der Waals surface area contributed by atoms with Crippen LogP contribution in [0.4, 0.5) is 56.9 Å². The van der Waals surface area contributed by atoms with E-state index in [1.165, 1.54) is 22.8 Å². The quantitative estimate of drug-likeness (QED) is 0.183. The van der Waals surface area contributed by atoms with Crippen molar-refractivity contribution >= 4 is 72.8 Å². The predicted molar refractivity (Wildman–Crippen MR) is 204 cm³/mol. The molecule has 5 heteroatoms. The maximum absolute atomic E-state index is 3.63. The van der Waals surface area contributed by atoms with Gasteiger partial charge in [0, 0.05) is 32.9 Å². The van der Waals surface area contributed by atoms with Crippen LogP contribution in [0.3, 0.4) is 0 Å². The van der Waals surface area contributed by atoms with Crippen molar-refractivity contribution in [2.75, 3.05) is 19.6 Å². The molecule has 232 valence electrons. The number of hydrogen-bond acceptors (Lipinski definition) is 4. The molecule has 48 heavy (non-hydrogen) atoms. The van der Waals surface area contributed by atoms with E-state index >= 15 is 0 Å². The molecule has 2 aliphatic heterocycles. The van der Waals surface area contributed by atoms with Gasteiger partial charge in [0.15, 0.2) is 0 Å². The first-order valence-electron chi connectivity index (χ1n) is 16.5. The summed E-state index contributed by atoms with van der Waals surface area (Å²) in [5.74, 6) is 0.441. The smallest absolute Gasteiger partial charge is 0.0703 e. The highest BCUT2D eigenvalue weighted by Gasteiger charge is 2.34. The van der Waals surface area contributed by atoms with Crippen LogP contribution < -0.4 is 19.6 Å². The van der Waals surface area contributed by atoms with E-state index in [2.05, 4.69) is 206 Å². The molecule has 3 aliphatic rings. The van der Waals surface area contributed by atoms with Gasteiger partial charge in [-0.3, -0.25) is 0 Å². The Kier molecular flexibility index (Phi) is 6.94. The molecule has 0 fully saturated rings. The Labute approximate surface area is 290 Å². The number of allylic oxidation sites excluding steroid dienone is 3. The predicted octanol–water partition coefficient (Wildman–Crippen LogP) is 12.8. The second-order valence-corrected chi connectivity index (χ2v) is 13.4. The van der Waals surface area contributed by atoms with Gasteiger partial charge in [-0.05, 0) is 115 Å². The van der Waals surface area contributed by atoms with Crippen molar-refractivity contribution < 1.29 is 0 Å². The zero-order valence-electron chi connectivity index (χ0n) is 26.5. The molecule has 6 aromatic rings. The van der Waals surface area contributed by atoms with Crippen molar-refractivity contribution in [3.05, 3.63) is 180 Å². The van der Waals surface area contributed by atoms with Gasteiger partial charge in [-0.1, -0.05) is 83.5 Å². The van der Waals surface area contributed by atoms with Crippen LogP contribution in [-0.4, -0.2) is 0 Å². The Morgan fingerprint density at radius 2 is 0.812 bits per heavy atom. The van der Waals surface area contributed by atoms with Crippen molar-refractivity contribution in [2.45, 2.75) is 13.3 Å². The second-order valence-electron chi connectivity index (χ2n) is 12.5. The van der Waals surface area contributed by atoms with E-state index in [4.69, 9.17) is 0 Å². The number of anilines is 10. The molecule has 0 aromatic heterocycles. The van der Waals surface area contributed by atoms with E-state index in [-0.39, 0.29) is 0 Å². The zero-order chi connectivity index (χ0) is 32.2. The summed E-state index contributed by atoms with van der Waals surface area (Å²) in [6.07, 6.45) is 5.60. The van der Waals surface area contributed by atoms with Gasteiger partial charge in [-0.25, -0.2) is 0 Å². The van der Waals surface area contributed by atoms with Crippen LogP contribution >= 0.6 is 15.9 Å². The Morgan fingerprint density at radius 1 is 0.438 bits per heavy atom. The van der Waals surface area contributed by atoms with Crippen LogP contribution in [0, 0.1) is 5.92 Å². The summed E-state index contributed by atoms with van der Waals surface area (Å²) >= 11 is 3.63. The van der Waals surface area contributed by atoms with Gasteiger partial charge in [0.25, 0.3) is 0 Å². The molecule has 1 atom stereocenters. The summed E-state index contributed by atoms with van der Waals surface area (Å²) in [6.45, 7) is 2.30. The molecule has 0 N–H and O–H groups in total. The average molecular weight is 686 g/mol. The van der Waals surface area contributed by atoms with Crippen LogP contribution in [0.25, 0.3) is 0 Å². The van der Waals surface area contributed by atoms with Crippen molar-refractivity contribution in [1.29, 1.82) is 0 Å². The summed E-state index contributed by atoms with van der Waals surface area (Å²) in [5.41, 5.74) is 14.1. The van der Waals surface area contributed by atoms with Crippen LogP contribution in [0.15, 0.2) is 180 Å². The lowest BCUT2D eigenvalue weighted by atomic mass is 9.93. The third-order valence-corrected chi connectivity index (χ3v) is 9.99. The summed E-state index contributed by atoms with van der Waals surface area (Å²) in [4.78, 5) is 9.63. The van der Waals surface area contributed by atoms with Crippen molar-refractivity contribution in [1.82, 2.24) is 0 Å². The molecule has 1 aliphatic carbocycles. The second kappa shape index (κ2) is 11.6. The lowest BCUT2D eigenvalue weighted by molar-refractivity contribution is 0.681. The molecule has 0 spiro atoms. The molecule has 0 saturated carbocycles. The summed E-state index contributed by atoms with van der Waals surface area (Å²) in [7, 11) is 0. The largest absolute Gasteiger partial charge is 0.310 e. The van der Waals surface area contributed by atoms with Gasteiger partial charge in [-0.2, -0.15) is 0 Å². The first-order chi connectivity index (χ1) is 23.7. The molecule has 0 bridgehead atoms. The third-order valence-electron chi connectivity index (χ3n) is 9.46. The Bertz CT molecular complexity index is 2160. The number of fused-ring (bicyclic) bond motifs is 3. The average Bonchev–Trinajstić information content (AvgIpc) is 3.14. The highest BCUT2D eigenvalue weighted by molar-refractivity contribution is 9.10. The number of rotatable bonds is 4. The van der Waals surface area contributed by atoms with Crippen molar-refractivity contribution in [2.24, 2.45) is 5.92 Å². The number of para-hydroxylation sites is 7. The van der Waals surface area contributed by atoms with E-state index < -0.39 is 0 Å². The van der Waals surface area contributed by atoms with Crippen LogP contribution in [0.2, 0.25) is 0 Å².